The average Bonchev–Trinajstić information content (AvgIpc) is 2.75. The number of rotatable bonds is 10. The molecule has 0 aliphatic carbocycles. The van der Waals surface area contributed by atoms with Crippen molar-refractivity contribution in [2.75, 3.05) is 13.7 Å². The van der Waals surface area contributed by atoms with Gasteiger partial charge in [0, 0.05) is 12.0 Å². The van der Waals surface area contributed by atoms with Gasteiger partial charge in [0.15, 0.2) is 5.78 Å². The topological polar surface area (TPSA) is 90.9 Å². The van der Waals surface area contributed by atoms with Crippen molar-refractivity contribution in [1.29, 1.82) is 0 Å². The molecule has 1 atom stereocenters. The van der Waals surface area contributed by atoms with Crippen LogP contribution in [0, 0.1) is 0 Å². The van der Waals surface area contributed by atoms with Gasteiger partial charge in [-0.2, -0.15) is 0 Å². The van der Waals surface area contributed by atoms with Gasteiger partial charge in [-0.25, -0.2) is 9.59 Å². The molecule has 1 unspecified atom stereocenters. The van der Waals surface area contributed by atoms with Crippen molar-refractivity contribution in [3.05, 3.63) is 65.7 Å². The molecule has 1 N–H and O–H groups in total. The van der Waals surface area contributed by atoms with Crippen LogP contribution >= 0.6 is 0 Å². The number of benzene rings is 2. The first-order chi connectivity index (χ1) is 14.0. The molecule has 1 amide bonds. The van der Waals surface area contributed by atoms with Crippen LogP contribution in [0.1, 0.15) is 35.7 Å². The van der Waals surface area contributed by atoms with E-state index in [0.717, 1.165) is 5.56 Å². The second-order valence-corrected chi connectivity index (χ2v) is 6.20. The van der Waals surface area contributed by atoms with Crippen LogP contribution in [0.3, 0.4) is 0 Å². The van der Waals surface area contributed by atoms with E-state index in [0.29, 0.717) is 11.3 Å². The highest BCUT2D eigenvalue weighted by molar-refractivity contribution is 5.96. The molecule has 0 aliphatic rings. The molecule has 0 bridgehead atoms. The summed E-state index contributed by atoms with van der Waals surface area (Å²) in [6.07, 6.45) is -0.581. The van der Waals surface area contributed by atoms with Crippen LogP contribution in [-0.4, -0.2) is 37.6 Å². The van der Waals surface area contributed by atoms with Gasteiger partial charge in [0.1, 0.15) is 18.4 Å². The number of hydrogen-bond acceptors (Lipinski definition) is 6. The fourth-order valence-corrected chi connectivity index (χ4v) is 2.60. The zero-order valence-corrected chi connectivity index (χ0v) is 16.6. The number of esters is 1. The Hall–Kier alpha value is -3.35. The highest BCUT2D eigenvalue weighted by atomic mass is 16.6. The lowest BCUT2D eigenvalue weighted by atomic mass is 10.0. The average molecular weight is 399 g/mol. The predicted molar refractivity (Wildman–Crippen MR) is 107 cm³/mol. The van der Waals surface area contributed by atoms with Crippen molar-refractivity contribution in [1.82, 2.24) is 5.32 Å². The van der Waals surface area contributed by atoms with Crippen LogP contribution in [0.25, 0.3) is 0 Å². The summed E-state index contributed by atoms with van der Waals surface area (Å²) in [4.78, 5) is 36.6. The second-order valence-electron chi connectivity index (χ2n) is 6.20. The van der Waals surface area contributed by atoms with Crippen molar-refractivity contribution < 1.29 is 28.6 Å². The molecule has 0 aliphatic heterocycles. The van der Waals surface area contributed by atoms with Crippen LogP contribution < -0.4 is 10.1 Å². The summed E-state index contributed by atoms with van der Waals surface area (Å²) in [7, 11) is 1.54. The van der Waals surface area contributed by atoms with Gasteiger partial charge in [-0.15, -0.1) is 0 Å². The summed E-state index contributed by atoms with van der Waals surface area (Å²) < 4.78 is 15.2. The maximum absolute atomic E-state index is 12.4. The molecule has 2 rings (SSSR count). The molecule has 0 radical (unpaired) electrons. The molecule has 0 saturated carbocycles. The Kier molecular flexibility index (Phi) is 8.69. The predicted octanol–water partition coefficient (Wildman–Crippen LogP) is 3.52. The first-order valence-corrected chi connectivity index (χ1v) is 9.34. The van der Waals surface area contributed by atoms with Crippen LogP contribution in [0.15, 0.2) is 54.6 Å². The van der Waals surface area contributed by atoms with Gasteiger partial charge in [-0.3, -0.25) is 4.79 Å². The number of ketones is 1. The van der Waals surface area contributed by atoms with E-state index < -0.39 is 18.1 Å². The van der Waals surface area contributed by atoms with E-state index in [9.17, 15) is 14.4 Å². The minimum Gasteiger partial charge on any atom is -0.497 e. The molecule has 7 heteroatoms. The van der Waals surface area contributed by atoms with E-state index >= 15 is 0 Å². The first kappa shape index (κ1) is 21.9. The van der Waals surface area contributed by atoms with Crippen LogP contribution in [0.4, 0.5) is 4.79 Å². The Bertz CT molecular complexity index is 804. The number of carbonyl (C=O) groups is 3. The fraction of sp³-hybridized carbons (Fsp3) is 0.318. The highest BCUT2D eigenvalue weighted by Gasteiger charge is 2.24. The third-order valence-electron chi connectivity index (χ3n) is 4.15. The quantitative estimate of drug-likeness (QED) is 0.486. The van der Waals surface area contributed by atoms with Gasteiger partial charge >= 0.3 is 12.1 Å². The monoisotopic (exact) mass is 399 g/mol. The Morgan fingerprint density at radius 2 is 1.66 bits per heavy atom. The smallest absolute Gasteiger partial charge is 0.408 e. The minimum atomic E-state index is -0.972. The Morgan fingerprint density at radius 3 is 2.28 bits per heavy atom. The Balaban J connectivity index is 1.91. The molecule has 0 heterocycles. The Labute approximate surface area is 170 Å². The fourth-order valence-electron chi connectivity index (χ4n) is 2.60. The van der Waals surface area contributed by atoms with Crippen LogP contribution in [0.5, 0.6) is 5.75 Å². The lowest BCUT2D eigenvalue weighted by molar-refractivity contribution is -0.145. The van der Waals surface area contributed by atoms with Crippen molar-refractivity contribution in [2.24, 2.45) is 0 Å². The molecule has 0 saturated heterocycles. The number of Topliss-reactive ketones (excluding diaryl/α,β-unsaturated/α-hetero) is 1. The minimum absolute atomic E-state index is 0.0643. The number of methoxy groups -OCH3 is 1. The van der Waals surface area contributed by atoms with Gasteiger partial charge in [0.2, 0.25) is 0 Å². The SMILES string of the molecule is CCOC(=O)C(CCC(=O)c1ccc(OC)cc1)NC(=O)OCc1ccccc1. The zero-order valence-electron chi connectivity index (χ0n) is 16.6. The Morgan fingerprint density at radius 1 is 0.966 bits per heavy atom. The zero-order chi connectivity index (χ0) is 21.1. The lowest BCUT2D eigenvalue weighted by Crippen LogP contribution is -2.42. The molecule has 7 nitrogen and oxygen atoms in total. The summed E-state index contributed by atoms with van der Waals surface area (Å²) in [5, 5.41) is 2.49. The highest BCUT2D eigenvalue weighted by Crippen LogP contribution is 2.14. The summed E-state index contributed by atoms with van der Waals surface area (Å²) >= 11 is 0. The summed E-state index contributed by atoms with van der Waals surface area (Å²) in [5.41, 5.74) is 1.32. The maximum atomic E-state index is 12.4. The first-order valence-electron chi connectivity index (χ1n) is 9.34. The molecule has 0 spiro atoms. The van der Waals surface area contributed by atoms with Crippen molar-refractivity contribution in [2.45, 2.75) is 32.4 Å². The lowest BCUT2D eigenvalue weighted by Gasteiger charge is -2.17. The molecule has 29 heavy (non-hydrogen) atoms. The molecule has 154 valence electrons. The number of carbonyl (C=O) groups excluding carboxylic acids is 3. The molecule has 2 aromatic carbocycles. The summed E-state index contributed by atoms with van der Waals surface area (Å²) in [5.74, 6) is -0.109. The van der Waals surface area contributed by atoms with Gasteiger partial charge in [-0.1, -0.05) is 30.3 Å². The van der Waals surface area contributed by atoms with Crippen LogP contribution in [0.2, 0.25) is 0 Å². The van der Waals surface area contributed by atoms with Gasteiger partial charge in [-0.05, 0) is 43.2 Å². The van der Waals surface area contributed by atoms with Gasteiger partial charge in [0.25, 0.3) is 0 Å². The van der Waals surface area contributed by atoms with E-state index in [1.165, 1.54) is 0 Å². The number of amides is 1. The number of hydrogen-bond donors (Lipinski definition) is 1. The standard InChI is InChI=1S/C22H25NO6/c1-3-28-21(25)19(23-22(26)29-15-16-7-5-4-6-8-16)13-14-20(24)17-9-11-18(27-2)12-10-17/h4-12,19H,3,13-15H2,1-2H3,(H,23,26). The molecular weight excluding hydrogens is 374 g/mol. The number of ether oxygens (including phenoxy) is 3. The van der Waals surface area contributed by atoms with Crippen molar-refractivity contribution >= 4 is 17.8 Å². The van der Waals surface area contributed by atoms with Gasteiger partial charge < -0.3 is 19.5 Å². The second kappa shape index (κ2) is 11.5. The molecule has 2 aromatic rings. The summed E-state index contributed by atoms with van der Waals surface area (Å²) in [6, 6.07) is 14.9. The summed E-state index contributed by atoms with van der Waals surface area (Å²) in [6.45, 7) is 1.92. The maximum Gasteiger partial charge on any atom is 0.408 e. The molecule has 0 fully saturated rings. The van der Waals surface area contributed by atoms with Crippen molar-refractivity contribution in [3.63, 3.8) is 0 Å². The van der Waals surface area contributed by atoms with Crippen LogP contribution in [-0.2, 0) is 20.9 Å². The van der Waals surface area contributed by atoms with E-state index in [4.69, 9.17) is 14.2 Å². The third kappa shape index (κ3) is 7.29. The normalized spacial score (nSPS) is 11.2. The van der Waals surface area contributed by atoms with E-state index in [2.05, 4.69) is 5.32 Å². The van der Waals surface area contributed by atoms with E-state index in [1.54, 1.807) is 38.3 Å². The van der Waals surface area contributed by atoms with Gasteiger partial charge in [0.05, 0.1) is 13.7 Å². The van der Waals surface area contributed by atoms with E-state index in [-0.39, 0.29) is 31.8 Å². The number of alkyl carbamates (subject to hydrolysis) is 1. The van der Waals surface area contributed by atoms with Crippen molar-refractivity contribution in [3.8, 4) is 5.75 Å². The third-order valence-corrected chi connectivity index (χ3v) is 4.15. The number of nitrogens with one attached hydrogen (secondary N) is 1. The van der Waals surface area contributed by atoms with E-state index in [1.807, 2.05) is 30.3 Å². The molecule has 0 aromatic heterocycles. The largest absolute Gasteiger partial charge is 0.497 e. The molecular formula is C22H25NO6.